The standard InChI is InChI=1S/C16H24F2N4O2/c1-20-5-7-22(8-6-20)11-13(23)10-21(2)16(24)19-15-4-3-12(17)9-14(15)18/h3-4,9,13,23H,5-8,10-11H2,1-2H3,(H,19,24). The predicted octanol–water partition coefficient (Wildman–Crippen LogP) is 1.04. The van der Waals surface area contributed by atoms with Gasteiger partial charge in [-0.05, 0) is 19.2 Å². The van der Waals surface area contributed by atoms with Crippen molar-refractivity contribution < 1.29 is 18.7 Å². The zero-order valence-corrected chi connectivity index (χ0v) is 14.0. The molecule has 0 spiro atoms. The number of hydrogen-bond donors (Lipinski definition) is 2. The first-order valence-corrected chi connectivity index (χ1v) is 7.91. The van der Waals surface area contributed by atoms with Gasteiger partial charge in [0.25, 0.3) is 0 Å². The highest BCUT2D eigenvalue weighted by Crippen LogP contribution is 2.15. The summed E-state index contributed by atoms with van der Waals surface area (Å²) in [5.41, 5.74) is -0.0955. The lowest BCUT2D eigenvalue weighted by molar-refractivity contribution is 0.0670. The molecule has 1 aliphatic rings. The lowest BCUT2D eigenvalue weighted by atomic mass is 10.2. The number of hydrogen-bond acceptors (Lipinski definition) is 4. The Kier molecular flexibility index (Phi) is 6.47. The molecule has 1 unspecified atom stereocenters. The molecule has 1 aromatic rings. The van der Waals surface area contributed by atoms with E-state index in [4.69, 9.17) is 0 Å². The Morgan fingerprint density at radius 1 is 1.33 bits per heavy atom. The number of benzene rings is 1. The summed E-state index contributed by atoms with van der Waals surface area (Å²) in [4.78, 5) is 17.7. The van der Waals surface area contributed by atoms with Crippen molar-refractivity contribution in [2.45, 2.75) is 6.10 Å². The van der Waals surface area contributed by atoms with Gasteiger partial charge < -0.3 is 20.2 Å². The highest BCUT2D eigenvalue weighted by atomic mass is 19.1. The maximum absolute atomic E-state index is 13.5. The smallest absolute Gasteiger partial charge is 0.321 e. The molecule has 1 saturated heterocycles. The fourth-order valence-electron chi connectivity index (χ4n) is 2.59. The van der Waals surface area contributed by atoms with Crippen LogP contribution in [0.2, 0.25) is 0 Å². The molecule has 0 aromatic heterocycles. The minimum absolute atomic E-state index is 0.0955. The van der Waals surface area contributed by atoms with Crippen LogP contribution in [0.3, 0.4) is 0 Å². The van der Waals surface area contributed by atoms with E-state index in [0.717, 1.165) is 38.3 Å². The van der Waals surface area contributed by atoms with Crippen LogP contribution in [0.4, 0.5) is 19.3 Å². The number of anilines is 1. The quantitative estimate of drug-likeness (QED) is 0.839. The van der Waals surface area contributed by atoms with Crippen LogP contribution in [0.25, 0.3) is 0 Å². The first-order chi connectivity index (χ1) is 11.3. The van der Waals surface area contributed by atoms with Crippen molar-refractivity contribution in [1.29, 1.82) is 0 Å². The summed E-state index contributed by atoms with van der Waals surface area (Å²) in [6.45, 7) is 4.27. The zero-order chi connectivity index (χ0) is 17.7. The number of carbonyl (C=O) groups excluding carboxylic acids is 1. The Morgan fingerprint density at radius 3 is 2.62 bits per heavy atom. The van der Waals surface area contributed by atoms with Crippen LogP contribution < -0.4 is 5.32 Å². The molecular formula is C16H24F2N4O2. The van der Waals surface area contributed by atoms with Gasteiger partial charge >= 0.3 is 6.03 Å². The maximum atomic E-state index is 13.5. The number of nitrogens with zero attached hydrogens (tertiary/aromatic N) is 3. The highest BCUT2D eigenvalue weighted by Gasteiger charge is 2.20. The average molecular weight is 342 g/mol. The Morgan fingerprint density at radius 2 is 2.00 bits per heavy atom. The van der Waals surface area contributed by atoms with Crippen molar-refractivity contribution in [3.8, 4) is 0 Å². The maximum Gasteiger partial charge on any atom is 0.321 e. The number of urea groups is 1. The third-order valence-corrected chi connectivity index (χ3v) is 4.07. The number of aliphatic hydroxyl groups is 1. The van der Waals surface area contributed by atoms with Crippen molar-refractivity contribution >= 4 is 11.7 Å². The van der Waals surface area contributed by atoms with Crippen molar-refractivity contribution in [2.75, 3.05) is 58.7 Å². The molecular weight excluding hydrogens is 318 g/mol. The minimum atomic E-state index is -0.838. The Bertz CT molecular complexity index is 565. The van der Waals surface area contributed by atoms with Crippen LogP contribution >= 0.6 is 0 Å². The number of aliphatic hydroxyl groups excluding tert-OH is 1. The number of amides is 2. The number of halogens is 2. The van der Waals surface area contributed by atoms with Gasteiger partial charge in [-0.25, -0.2) is 13.6 Å². The van der Waals surface area contributed by atoms with E-state index in [2.05, 4.69) is 22.2 Å². The monoisotopic (exact) mass is 342 g/mol. The van der Waals surface area contributed by atoms with Crippen molar-refractivity contribution in [3.05, 3.63) is 29.8 Å². The second-order valence-corrected chi connectivity index (χ2v) is 6.19. The van der Waals surface area contributed by atoms with Crippen molar-refractivity contribution in [2.24, 2.45) is 0 Å². The highest BCUT2D eigenvalue weighted by molar-refractivity contribution is 5.89. The summed E-state index contributed by atoms with van der Waals surface area (Å²) in [6.07, 6.45) is -0.692. The molecule has 0 aliphatic carbocycles. The Hall–Kier alpha value is -1.77. The fraction of sp³-hybridized carbons (Fsp3) is 0.562. The number of likely N-dealkylation sites (N-methyl/N-ethyl adjacent to an activating group) is 2. The number of piperazine rings is 1. The zero-order valence-electron chi connectivity index (χ0n) is 14.0. The molecule has 8 heteroatoms. The molecule has 6 nitrogen and oxygen atoms in total. The predicted molar refractivity (Wildman–Crippen MR) is 88.0 cm³/mol. The van der Waals surface area contributed by atoms with Crippen LogP contribution in [-0.4, -0.2) is 85.3 Å². The van der Waals surface area contributed by atoms with E-state index in [1.165, 1.54) is 11.9 Å². The third kappa shape index (κ3) is 5.40. The fourth-order valence-corrected chi connectivity index (χ4v) is 2.59. The number of carbonyl (C=O) groups is 1. The number of nitrogens with one attached hydrogen (secondary N) is 1. The van der Waals surface area contributed by atoms with Crippen LogP contribution in [0, 0.1) is 11.6 Å². The molecule has 0 saturated carbocycles. The Labute approximate surface area is 140 Å². The molecule has 134 valence electrons. The van der Waals surface area contributed by atoms with Gasteiger partial charge in [-0.2, -0.15) is 0 Å². The average Bonchev–Trinajstić information content (AvgIpc) is 2.52. The van der Waals surface area contributed by atoms with E-state index in [1.54, 1.807) is 0 Å². The lowest BCUT2D eigenvalue weighted by Crippen LogP contribution is -2.49. The van der Waals surface area contributed by atoms with Crippen LogP contribution in [0.15, 0.2) is 18.2 Å². The summed E-state index contributed by atoms with van der Waals surface area (Å²) in [7, 11) is 3.57. The van der Waals surface area contributed by atoms with E-state index in [9.17, 15) is 18.7 Å². The molecule has 2 amide bonds. The van der Waals surface area contributed by atoms with E-state index >= 15 is 0 Å². The molecule has 2 rings (SSSR count). The van der Waals surface area contributed by atoms with Gasteiger partial charge in [0.2, 0.25) is 0 Å². The van der Waals surface area contributed by atoms with E-state index in [0.29, 0.717) is 12.6 Å². The molecule has 0 radical (unpaired) electrons. The topological polar surface area (TPSA) is 59.1 Å². The van der Waals surface area contributed by atoms with Crippen LogP contribution in [0.1, 0.15) is 0 Å². The van der Waals surface area contributed by atoms with Gasteiger partial charge in [-0.1, -0.05) is 0 Å². The molecule has 0 bridgehead atoms. The van der Waals surface area contributed by atoms with Gasteiger partial charge in [0, 0.05) is 52.4 Å². The molecule has 2 N–H and O–H groups in total. The van der Waals surface area contributed by atoms with Gasteiger partial charge in [-0.3, -0.25) is 4.90 Å². The summed E-state index contributed by atoms with van der Waals surface area (Å²) in [6, 6.07) is 2.38. The van der Waals surface area contributed by atoms with Crippen molar-refractivity contribution in [1.82, 2.24) is 14.7 Å². The van der Waals surface area contributed by atoms with Gasteiger partial charge in [0.05, 0.1) is 11.8 Å². The van der Waals surface area contributed by atoms with Gasteiger partial charge in [0.15, 0.2) is 0 Å². The van der Waals surface area contributed by atoms with Crippen LogP contribution in [-0.2, 0) is 0 Å². The molecule has 24 heavy (non-hydrogen) atoms. The van der Waals surface area contributed by atoms with Gasteiger partial charge in [-0.15, -0.1) is 0 Å². The first-order valence-electron chi connectivity index (χ1n) is 7.91. The summed E-state index contributed by atoms with van der Waals surface area (Å²) in [5, 5.41) is 12.5. The first kappa shape index (κ1) is 18.6. The molecule has 1 aromatic carbocycles. The van der Waals surface area contributed by atoms with Crippen molar-refractivity contribution in [3.63, 3.8) is 0 Å². The Balaban J connectivity index is 1.80. The number of β-amino-alcohol motifs (C(OH)–C–C–N with tert-alkyl or cyclic N) is 1. The second kappa shape index (κ2) is 8.36. The lowest BCUT2D eigenvalue weighted by Gasteiger charge is -2.34. The molecule has 1 fully saturated rings. The third-order valence-electron chi connectivity index (χ3n) is 4.07. The van der Waals surface area contributed by atoms with Gasteiger partial charge in [0.1, 0.15) is 11.6 Å². The largest absolute Gasteiger partial charge is 0.390 e. The normalized spacial score (nSPS) is 17.5. The number of rotatable bonds is 5. The van der Waals surface area contributed by atoms with E-state index < -0.39 is 23.8 Å². The summed E-state index contributed by atoms with van der Waals surface area (Å²) < 4.78 is 26.4. The molecule has 1 heterocycles. The minimum Gasteiger partial charge on any atom is -0.390 e. The van der Waals surface area contributed by atoms with E-state index in [-0.39, 0.29) is 12.2 Å². The SMILES string of the molecule is CN1CCN(CC(O)CN(C)C(=O)Nc2ccc(F)cc2F)CC1. The summed E-state index contributed by atoms with van der Waals surface area (Å²) >= 11 is 0. The second-order valence-electron chi connectivity index (χ2n) is 6.19. The molecule has 1 aliphatic heterocycles. The summed E-state index contributed by atoms with van der Waals surface area (Å²) in [5.74, 6) is -1.55. The molecule has 1 atom stereocenters. The van der Waals surface area contributed by atoms with E-state index in [1.807, 2.05) is 0 Å². The van der Waals surface area contributed by atoms with Crippen LogP contribution in [0.5, 0.6) is 0 Å².